The highest BCUT2D eigenvalue weighted by atomic mass is 32.2. The summed E-state index contributed by atoms with van der Waals surface area (Å²) in [4.78, 5) is 12.7. The molecule has 2 aromatic rings. The molecule has 0 spiro atoms. The molecule has 1 aliphatic carbocycles. The third-order valence-corrected chi connectivity index (χ3v) is 7.27. The molecule has 0 unspecified atom stereocenters. The molecule has 8 nitrogen and oxygen atoms in total. The van der Waals surface area contributed by atoms with E-state index in [-0.39, 0.29) is 35.0 Å². The Morgan fingerprint density at radius 3 is 2.61 bits per heavy atom. The van der Waals surface area contributed by atoms with Crippen LogP contribution in [0.5, 0.6) is 17.2 Å². The molecule has 2 atom stereocenters. The molecule has 0 aromatic heterocycles. The summed E-state index contributed by atoms with van der Waals surface area (Å²) in [7, 11) is -2.46. The molecule has 1 saturated carbocycles. The molecule has 1 amide bonds. The van der Waals surface area contributed by atoms with Crippen LogP contribution < -0.4 is 24.2 Å². The maximum absolute atomic E-state index is 13.1. The van der Waals surface area contributed by atoms with Gasteiger partial charge in [-0.2, -0.15) is 0 Å². The number of rotatable bonds is 6. The Hall–Kier alpha value is -2.78. The fourth-order valence-corrected chi connectivity index (χ4v) is 5.53. The van der Waals surface area contributed by atoms with E-state index < -0.39 is 15.9 Å². The topological polar surface area (TPSA) is 103 Å². The number of nitrogens with one attached hydrogen (secondary N) is 2. The van der Waals surface area contributed by atoms with Crippen LogP contribution in [-0.2, 0) is 10.0 Å². The fraction of sp³-hybridized carbons (Fsp3) is 0.409. The number of carbonyl (C=O) groups excluding carboxylic acids is 1. The number of methoxy groups -OCH3 is 1. The van der Waals surface area contributed by atoms with Crippen LogP contribution in [0.15, 0.2) is 41.3 Å². The van der Waals surface area contributed by atoms with Gasteiger partial charge in [-0.3, -0.25) is 4.79 Å². The van der Waals surface area contributed by atoms with Crippen molar-refractivity contribution in [1.82, 2.24) is 4.72 Å². The quantitative estimate of drug-likeness (QED) is 0.704. The highest BCUT2D eigenvalue weighted by molar-refractivity contribution is 7.89. The van der Waals surface area contributed by atoms with Gasteiger partial charge in [-0.1, -0.05) is 19.8 Å². The van der Waals surface area contributed by atoms with Crippen LogP contribution in [0.25, 0.3) is 0 Å². The predicted octanol–water partition coefficient (Wildman–Crippen LogP) is 3.53. The fourth-order valence-electron chi connectivity index (χ4n) is 3.96. The Kier molecular flexibility index (Phi) is 6.06. The summed E-state index contributed by atoms with van der Waals surface area (Å²) in [6, 6.07) is 9.30. The number of ether oxygens (including phenoxy) is 3. The van der Waals surface area contributed by atoms with Gasteiger partial charge in [0.05, 0.1) is 7.11 Å². The van der Waals surface area contributed by atoms with Gasteiger partial charge in [-0.25, -0.2) is 13.1 Å². The molecule has 2 aromatic carbocycles. The molecule has 4 rings (SSSR count). The molecule has 2 aliphatic rings. The number of carbonyl (C=O) groups is 1. The summed E-state index contributed by atoms with van der Waals surface area (Å²) in [6.45, 7) is 2.19. The Labute approximate surface area is 181 Å². The van der Waals surface area contributed by atoms with Crippen molar-refractivity contribution < 1.29 is 27.4 Å². The van der Waals surface area contributed by atoms with Crippen molar-refractivity contribution in [3.63, 3.8) is 0 Å². The molecular weight excluding hydrogens is 420 g/mol. The number of amides is 1. The minimum atomic E-state index is -3.86. The standard InChI is InChI=1S/C22H26N2O6S/c1-14-5-3-4-6-17(14)24-31(26,27)21-11-15(7-9-19(21)28-2)22(25)23-16-8-10-18-20(12-16)30-13-29-18/h7-12,14,17,24H,3-6,13H2,1-2H3,(H,23,25)/t14-,17+/m1/s1. The van der Waals surface area contributed by atoms with Crippen LogP contribution in [-0.4, -0.2) is 34.3 Å². The van der Waals surface area contributed by atoms with Gasteiger partial charge in [-0.05, 0) is 49.1 Å². The summed E-state index contributed by atoms with van der Waals surface area (Å²) < 4.78 is 44.9. The Balaban J connectivity index is 1.57. The van der Waals surface area contributed by atoms with E-state index in [1.807, 2.05) is 0 Å². The molecule has 2 N–H and O–H groups in total. The Morgan fingerprint density at radius 1 is 1.06 bits per heavy atom. The lowest BCUT2D eigenvalue weighted by molar-refractivity contribution is 0.102. The SMILES string of the molecule is COc1ccc(C(=O)Nc2ccc3c(c2)OCO3)cc1S(=O)(=O)N[C@H]1CCCC[C@H]1C. The molecule has 9 heteroatoms. The lowest BCUT2D eigenvalue weighted by Crippen LogP contribution is -2.41. The molecule has 1 fully saturated rings. The number of benzene rings is 2. The number of hydrogen-bond acceptors (Lipinski definition) is 6. The predicted molar refractivity (Wildman–Crippen MR) is 115 cm³/mol. The monoisotopic (exact) mass is 446 g/mol. The minimum absolute atomic E-state index is 0.0499. The van der Waals surface area contributed by atoms with Gasteiger partial charge in [0.15, 0.2) is 11.5 Å². The molecule has 1 heterocycles. The first kappa shape index (κ1) is 21.5. The second-order valence-corrected chi connectivity index (χ2v) is 9.56. The van der Waals surface area contributed by atoms with Gasteiger partial charge in [0, 0.05) is 23.4 Å². The van der Waals surface area contributed by atoms with Crippen LogP contribution in [0, 0.1) is 5.92 Å². The maximum Gasteiger partial charge on any atom is 0.255 e. The van der Waals surface area contributed by atoms with Crippen molar-refractivity contribution in [3.05, 3.63) is 42.0 Å². The zero-order valence-corrected chi connectivity index (χ0v) is 18.3. The zero-order chi connectivity index (χ0) is 22.0. The zero-order valence-electron chi connectivity index (χ0n) is 17.5. The van der Waals surface area contributed by atoms with E-state index in [9.17, 15) is 13.2 Å². The van der Waals surface area contributed by atoms with E-state index >= 15 is 0 Å². The van der Waals surface area contributed by atoms with E-state index in [2.05, 4.69) is 17.0 Å². The van der Waals surface area contributed by atoms with Crippen LogP contribution in [0.1, 0.15) is 43.0 Å². The molecule has 0 radical (unpaired) electrons. The van der Waals surface area contributed by atoms with Crippen molar-refractivity contribution in [3.8, 4) is 17.2 Å². The van der Waals surface area contributed by atoms with Crippen LogP contribution in [0.3, 0.4) is 0 Å². The van der Waals surface area contributed by atoms with Crippen molar-refractivity contribution in [2.24, 2.45) is 5.92 Å². The van der Waals surface area contributed by atoms with Crippen LogP contribution in [0.4, 0.5) is 5.69 Å². The van der Waals surface area contributed by atoms with Gasteiger partial charge in [0.2, 0.25) is 16.8 Å². The third kappa shape index (κ3) is 4.62. The Bertz CT molecular complexity index is 1090. The largest absolute Gasteiger partial charge is 0.495 e. The van der Waals surface area contributed by atoms with E-state index in [1.54, 1.807) is 18.2 Å². The molecule has 166 valence electrons. The van der Waals surface area contributed by atoms with Crippen LogP contribution in [0.2, 0.25) is 0 Å². The summed E-state index contributed by atoms with van der Waals surface area (Å²) in [5.74, 6) is 1.16. The van der Waals surface area contributed by atoms with E-state index in [0.29, 0.717) is 17.2 Å². The summed E-state index contributed by atoms with van der Waals surface area (Å²) in [5.41, 5.74) is 0.721. The first-order chi connectivity index (χ1) is 14.9. The summed E-state index contributed by atoms with van der Waals surface area (Å²) >= 11 is 0. The number of fused-ring (bicyclic) bond motifs is 1. The van der Waals surface area contributed by atoms with Crippen molar-refractivity contribution in [2.75, 3.05) is 19.2 Å². The van der Waals surface area contributed by atoms with Crippen LogP contribution >= 0.6 is 0 Å². The molecule has 0 saturated heterocycles. The molecular formula is C22H26N2O6S. The van der Waals surface area contributed by atoms with Crippen molar-refractivity contribution in [2.45, 2.75) is 43.5 Å². The number of sulfonamides is 1. The first-order valence-electron chi connectivity index (χ1n) is 10.3. The van der Waals surface area contributed by atoms with Gasteiger partial charge in [-0.15, -0.1) is 0 Å². The summed E-state index contributed by atoms with van der Waals surface area (Å²) in [5, 5.41) is 2.76. The second kappa shape index (κ2) is 8.76. The molecule has 1 aliphatic heterocycles. The normalized spacial score (nSPS) is 20.3. The maximum atomic E-state index is 13.1. The highest BCUT2D eigenvalue weighted by Crippen LogP contribution is 2.34. The van der Waals surface area contributed by atoms with Gasteiger partial charge in [0.25, 0.3) is 5.91 Å². The number of hydrogen-bond donors (Lipinski definition) is 2. The first-order valence-corrected chi connectivity index (χ1v) is 11.8. The van der Waals surface area contributed by atoms with Crippen molar-refractivity contribution in [1.29, 1.82) is 0 Å². The van der Waals surface area contributed by atoms with Gasteiger partial charge < -0.3 is 19.5 Å². The molecule has 31 heavy (non-hydrogen) atoms. The average Bonchev–Trinajstić information content (AvgIpc) is 3.22. The summed E-state index contributed by atoms with van der Waals surface area (Å²) in [6.07, 6.45) is 3.89. The van der Waals surface area contributed by atoms with Crippen molar-refractivity contribution >= 4 is 21.6 Å². The lowest BCUT2D eigenvalue weighted by atomic mass is 9.87. The Morgan fingerprint density at radius 2 is 1.84 bits per heavy atom. The second-order valence-electron chi connectivity index (χ2n) is 7.88. The average molecular weight is 447 g/mol. The smallest absolute Gasteiger partial charge is 0.255 e. The highest BCUT2D eigenvalue weighted by Gasteiger charge is 2.29. The van der Waals surface area contributed by atoms with Gasteiger partial charge >= 0.3 is 0 Å². The third-order valence-electron chi connectivity index (χ3n) is 5.76. The molecule has 0 bridgehead atoms. The number of anilines is 1. The van der Waals surface area contributed by atoms with E-state index in [4.69, 9.17) is 14.2 Å². The van der Waals surface area contributed by atoms with E-state index in [1.165, 1.54) is 25.3 Å². The minimum Gasteiger partial charge on any atom is -0.495 e. The van der Waals surface area contributed by atoms with E-state index in [0.717, 1.165) is 25.7 Å². The van der Waals surface area contributed by atoms with Gasteiger partial charge in [0.1, 0.15) is 10.6 Å². The lowest BCUT2D eigenvalue weighted by Gasteiger charge is -2.29.